The molecular formula is C19H30N2O3. The first-order valence-electron chi connectivity index (χ1n) is 8.77. The molecule has 1 aromatic rings. The minimum absolute atomic E-state index is 0.0708. The standard InChI is InChI=1S/C19H30N2O3/c1-19(2,3)24-17-7-5-16(6-8-17)15-18(22)20-9-4-10-21-11-13-23-14-12-21/h5-8H,4,9-15H2,1-3H3,(H,20,22). The Kier molecular flexibility index (Phi) is 7.06. The fourth-order valence-corrected chi connectivity index (χ4v) is 2.63. The Morgan fingerprint density at radius 2 is 1.88 bits per heavy atom. The molecule has 1 aromatic carbocycles. The van der Waals surface area contributed by atoms with E-state index in [0.717, 1.165) is 57.1 Å². The molecule has 0 radical (unpaired) electrons. The molecule has 2 rings (SSSR count). The van der Waals surface area contributed by atoms with Crippen molar-refractivity contribution in [2.24, 2.45) is 0 Å². The molecule has 134 valence electrons. The fraction of sp³-hybridized carbons (Fsp3) is 0.632. The topological polar surface area (TPSA) is 50.8 Å². The zero-order valence-corrected chi connectivity index (χ0v) is 15.1. The van der Waals surface area contributed by atoms with E-state index in [-0.39, 0.29) is 11.5 Å². The van der Waals surface area contributed by atoms with E-state index in [0.29, 0.717) is 6.42 Å². The maximum atomic E-state index is 12.0. The van der Waals surface area contributed by atoms with Crippen LogP contribution >= 0.6 is 0 Å². The average Bonchev–Trinajstić information content (AvgIpc) is 2.53. The van der Waals surface area contributed by atoms with Crippen LogP contribution in [0.25, 0.3) is 0 Å². The highest BCUT2D eigenvalue weighted by molar-refractivity contribution is 5.78. The highest BCUT2D eigenvalue weighted by atomic mass is 16.5. The summed E-state index contributed by atoms with van der Waals surface area (Å²) < 4.78 is 11.1. The van der Waals surface area contributed by atoms with Gasteiger partial charge in [-0.25, -0.2) is 0 Å². The van der Waals surface area contributed by atoms with E-state index >= 15 is 0 Å². The van der Waals surface area contributed by atoms with Gasteiger partial charge in [-0.15, -0.1) is 0 Å². The number of morpholine rings is 1. The number of hydrogen-bond acceptors (Lipinski definition) is 4. The maximum absolute atomic E-state index is 12.0. The van der Waals surface area contributed by atoms with E-state index in [1.54, 1.807) is 0 Å². The first kappa shape index (κ1) is 18.7. The van der Waals surface area contributed by atoms with E-state index in [1.165, 1.54) is 0 Å². The molecule has 0 aromatic heterocycles. The summed E-state index contributed by atoms with van der Waals surface area (Å²) >= 11 is 0. The molecule has 1 heterocycles. The molecule has 0 spiro atoms. The smallest absolute Gasteiger partial charge is 0.224 e. The lowest BCUT2D eigenvalue weighted by atomic mass is 10.1. The van der Waals surface area contributed by atoms with Gasteiger partial charge in [0.05, 0.1) is 19.6 Å². The monoisotopic (exact) mass is 334 g/mol. The van der Waals surface area contributed by atoms with Gasteiger partial charge in [0.2, 0.25) is 5.91 Å². The molecule has 0 unspecified atom stereocenters. The van der Waals surface area contributed by atoms with Gasteiger partial charge in [-0.3, -0.25) is 9.69 Å². The second-order valence-corrected chi connectivity index (χ2v) is 7.19. The minimum Gasteiger partial charge on any atom is -0.488 e. The molecule has 5 nitrogen and oxygen atoms in total. The maximum Gasteiger partial charge on any atom is 0.224 e. The molecule has 1 aliphatic rings. The van der Waals surface area contributed by atoms with Crippen molar-refractivity contribution in [3.8, 4) is 5.75 Å². The Morgan fingerprint density at radius 3 is 2.50 bits per heavy atom. The van der Waals surface area contributed by atoms with Crippen molar-refractivity contribution >= 4 is 5.91 Å². The largest absolute Gasteiger partial charge is 0.488 e. The predicted molar refractivity (Wildman–Crippen MR) is 95.4 cm³/mol. The van der Waals surface area contributed by atoms with E-state index in [1.807, 2.05) is 45.0 Å². The third-order valence-electron chi connectivity index (χ3n) is 3.79. The predicted octanol–water partition coefficient (Wildman–Crippen LogP) is 2.24. The average molecular weight is 334 g/mol. The van der Waals surface area contributed by atoms with Gasteiger partial charge in [0, 0.05) is 19.6 Å². The summed E-state index contributed by atoms with van der Waals surface area (Å²) in [6.45, 7) is 11.4. The van der Waals surface area contributed by atoms with Crippen LogP contribution in [0.2, 0.25) is 0 Å². The number of nitrogens with one attached hydrogen (secondary N) is 1. The number of nitrogens with zero attached hydrogens (tertiary/aromatic N) is 1. The number of rotatable bonds is 7. The quantitative estimate of drug-likeness (QED) is 0.777. The Labute approximate surface area is 145 Å². The van der Waals surface area contributed by atoms with Crippen molar-refractivity contribution in [1.82, 2.24) is 10.2 Å². The molecule has 1 saturated heterocycles. The normalized spacial score (nSPS) is 16.0. The summed E-state index contributed by atoms with van der Waals surface area (Å²) in [6.07, 6.45) is 1.39. The number of hydrogen-bond donors (Lipinski definition) is 1. The van der Waals surface area contributed by atoms with E-state index in [9.17, 15) is 4.79 Å². The molecule has 0 bridgehead atoms. The molecular weight excluding hydrogens is 304 g/mol. The zero-order valence-electron chi connectivity index (χ0n) is 15.1. The van der Waals surface area contributed by atoms with Crippen LogP contribution in [0.1, 0.15) is 32.8 Å². The third-order valence-corrected chi connectivity index (χ3v) is 3.79. The molecule has 1 N–H and O–H groups in total. The van der Waals surface area contributed by atoms with Crippen molar-refractivity contribution < 1.29 is 14.3 Å². The van der Waals surface area contributed by atoms with Crippen molar-refractivity contribution in [1.29, 1.82) is 0 Å². The summed E-state index contributed by atoms with van der Waals surface area (Å²) in [6, 6.07) is 7.75. The van der Waals surface area contributed by atoms with Crippen LogP contribution < -0.4 is 10.1 Å². The summed E-state index contributed by atoms with van der Waals surface area (Å²) in [4.78, 5) is 14.4. The van der Waals surface area contributed by atoms with E-state index in [4.69, 9.17) is 9.47 Å². The molecule has 1 fully saturated rings. The zero-order chi connectivity index (χ0) is 17.4. The number of benzene rings is 1. The van der Waals surface area contributed by atoms with Gasteiger partial charge in [-0.05, 0) is 51.4 Å². The third kappa shape index (κ3) is 7.32. The lowest BCUT2D eigenvalue weighted by Gasteiger charge is -2.26. The highest BCUT2D eigenvalue weighted by Crippen LogP contribution is 2.18. The van der Waals surface area contributed by atoms with Crippen LogP contribution in [0.5, 0.6) is 5.75 Å². The number of ether oxygens (including phenoxy) is 2. The Bertz CT molecular complexity index is 502. The van der Waals surface area contributed by atoms with Gasteiger partial charge in [0.25, 0.3) is 0 Å². The van der Waals surface area contributed by atoms with Gasteiger partial charge in [-0.1, -0.05) is 12.1 Å². The Balaban J connectivity index is 1.64. The summed E-state index contributed by atoms with van der Waals surface area (Å²) in [5.41, 5.74) is 0.793. The van der Waals surface area contributed by atoms with E-state index in [2.05, 4.69) is 10.2 Å². The molecule has 1 amide bonds. The van der Waals surface area contributed by atoms with Gasteiger partial charge < -0.3 is 14.8 Å². The van der Waals surface area contributed by atoms with Gasteiger partial charge in [0.1, 0.15) is 11.4 Å². The highest BCUT2D eigenvalue weighted by Gasteiger charge is 2.12. The van der Waals surface area contributed by atoms with Gasteiger partial charge in [-0.2, -0.15) is 0 Å². The number of carbonyl (C=O) groups is 1. The lowest BCUT2D eigenvalue weighted by molar-refractivity contribution is -0.120. The van der Waals surface area contributed by atoms with Gasteiger partial charge >= 0.3 is 0 Å². The molecule has 1 aliphatic heterocycles. The van der Waals surface area contributed by atoms with Crippen LogP contribution in [0.3, 0.4) is 0 Å². The molecule has 0 atom stereocenters. The Morgan fingerprint density at radius 1 is 1.21 bits per heavy atom. The molecule has 5 heteroatoms. The van der Waals surface area contributed by atoms with Crippen LogP contribution in [-0.2, 0) is 16.0 Å². The minimum atomic E-state index is -0.209. The van der Waals surface area contributed by atoms with Crippen LogP contribution in [0.15, 0.2) is 24.3 Å². The van der Waals surface area contributed by atoms with Crippen LogP contribution in [-0.4, -0.2) is 55.8 Å². The first-order valence-corrected chi connectivity index (χ1v) is 8.77. The number of amides is 1. The second-order valence-electron chi connectivity index (χ2n) is 7.19. The second kappa shape index (κ2) is 9.04. The first-order chi connectivity index (χ1) is 11.4. The van der Waals surface area contributed by atoms with Crippen molar-refractivity contribution in [3.63, 3.8) is 0 Å². The summed E-state index contributed by atoms with van der Waals surface area (Å²) in [5.74, 6) is 0.902. The van der Waals surface area contributed by atoms with Gasteiger partial charge in [0.15, 0.2) is 0 Å². The number of carbonyl (C=O) groups excluding carboxylic acids is 1. The van der Waals surface area contributed by atoms with Crippen LogP contribution in [0, 0.1) is 0 Å². The molecule has 0 saturated carbocycles. The summed E-state index contributed by atoms with van der Waals surface area (Å²) in [5, 5.41) is 3.00. The SMILES string of the molecule is CC(C)(C)Oc1ccc(CC(=O)NCCCN2CCOCC2)cc1. The van der Waals surface area contributed by atoms with Crippen molar-refractivity contribution in [2.75, 3.05) is 39.4 Å². The lowest BCUT2D eigenvalue weighted by Crippen LogP contribution is -2.38. The molecule has 0 aliphatic carbocycles. The fourth-order valence-electron chi connectivity index (χ4n) is 2.63. The van der Waals surface area contributed by atoms with Crippen molar-refractivity contribution in [3.05, 3.63) is 29.8 Å². The van der Waals surface area contributed by atoms with E-state index < -0.39 is 0 Å². The van der Waals surface area contributed by atoms with Crippen LogP contribution in [0.4, 0.5) is 0 Å². The summed E-state index contributed by atoms with van der Waals surface area (Å²) in [7, 11) is 0. The van der Waals surface area contributed by atoms with Crippen molar-refractivity contribution in [2.45, 2.75) is 39.2 Å². The Hall–Kier alpha value is -1.59. The molecule has 24 heavy (non-hydrogen) atoms.